The standard InChI is InChI=1S/C25H29N5O3/c1-19-22(18-27-30(19)23-6-3-4-13-26-23)25(32)29-15-5-14-28(16-17-29)24(31)12-9-20-7-10-21(33-2)11-8-20/h3-4,6-8,10-11,13,18H,5,9,12,14-17H2,1-2H3. The zero-order valence-electron chi connectivity index (χ0n) is 19.1. The van der Waals surface area contributed by atoms with Gasteiger partial charge in [-0.15, -0.1) is 0 Å². The Bertz CT molecular complexity index is 1090. The number of methoxy groups -OCH3 is 1. The van der Waals surface area contributed by atoms with E-state index >= 15 is 0 Å². The molecule has 4 rings (SSSR count). The van der Waals surface area contributed by atoms with Gasteiger partial charge in [0, 0.05) is 38.8 Å². The number of aryl methyl sites for hydroxylation is 1. The van der Waals surface area contributed by atoms with E-state index in [1.807, 2.05) is 59.2 Å². The monoisotopic (exact) mass is 447 g/mol. The minimum Gasteiger partial charge on any atom is -0.497 e. The van der Waals surface area contributed by atoms with E-state index in [2.05, 4.69) is 10.1 Å². The highest BCUT2D eigenvalue weighted by molar-refractivity contribution is 5.95. The number of benzene rings is 1. The van der Waals surface area contributed by atoms with Crippen LogP contribution < -0.4 is 4.74 Å². The van der Waals surface area contributed by atoms with Crippen molar-refractivity contribution < 1.29 is 14.3 Å². The third kappa shape index (κ3) is 5.22. The molecular formula is C25H29N5O3. The van der Waals surface area contributed by atoms with Gasteiger partial charge in [0.2, 0.25) is 5.91 Å². The predicted molar refractivity (Wildman–Crippen MR) is 125 cm³/mol. The molecule has 1 aromatic carbocycles. The molecule has 0 bridgehead atoms. The average molecular weight is 448 g/mol. The molecule has 0 spiro atoms. The summed E-state index contributed by atoms with van der Waals surface area (Å²) in [6.45, 7) is 4.22. The lowest BCUT2D eigenvalue weighted by molar-refractivity contribution is -0.131. The molecule has 3 aromatic rings. The second-order valence-electron chi connectivity index (χ2n) is 8.12. The van der Waals surface area contributed by atoms with Crippen molar-refractivity contribution in [3.63, 3.8) is 0 Å². The van der Waals surface area contributed by atoms with Crippen molar-refractivity contribution in [1.29, 1.82) is 0 Å². The third-order valence-electron chi connectivity index (χ3n) is 6.03. The molecule has 3 heterocycles. The van der Waals surface area contributed by atoms with Crippen LogP contribution in [-0.4, -0.2) is 69.7 Å². The number of amides is 2. The summed E-state index contributed by atoms with van der Waals surface area (Å²) in [5.74, 6) is 1.56. The SMILES string of the molecule is COc1ccc(CCC(=O)N2CCCN(C(=O)c3cnn(-c4ccccn4)c3C)CC2)cc1. The summed E-state index contributed by atoms with van der Waals surface area (Å²) in [5.41, 5.74) is 2.44. The minimum absolute atomic E-state index is 0.0535. The van der Waals surface area contributed by atoms with Crippen molar-refractivity contribution >= 4 is 11.8 Å². The second-order valence-corrected chi connectivity index (χ2v) is 8.12. The largest absolute Gasteiger partial charge is 0.497 e. The lowest BCUT2D eigenvalue weighted by atomic mass is 10.1. The highest BCUT2D eigenvalue weighted by atomic mass is 16.5. The number of ether oxygens (including phenoxy) is 1. The highest BCUT2D eigenvalue weighted by Crippen LogP contribution is 2.17. The lowest BCUT2D eigenvalue weighted by Gasteiger charge is -2.22. The van der Waals surface area contributed by atoms with Gasteiger partial charge in [-0.25, -0.2) is 9.67 Å². The number of rotatable bonds is 6. The molecule has 1 saturated heterocycles. The van der Waals surface area contributed by atoms with Gasteiger partial charge in [-0.3, -0.25) is 9.59 Å². The summed E-state index contributed by atoms with van der Waals surface area (Å²) in [6.07, 6.45) is 5.21. The van der Waals surface area contributed by atoms with E-state index in [1.165, 1.54) is 0 Å². The summed E-state index contributed by atoms with van der Waals surface area (Å²) >= 11 is 0. The van der Waals surface area contributed by atoms with Gasteiger partial charge in [0.25, 0.3) is 5.91 Å². The first-order valence-corrected chi connectivity index (χ1v) is 11.2. The van der Waals surface area contributed by atoms with Crippen molar-refractivity contribution in [3.8, 4) is 11.6 Å². The number of pyridine rings is 1. The van der Waals surface area contributed by atoms with Crippen molar-refractivity contribution in [1.82, 2.24) is 24.6 Å². The molecule has 0 aliphatic carbocycles. The van der Waals surface area contributed by atoms with Gasteiger partial charge in [0.15, 0.2) is 5.82 Å². The normalized spacial score (nSPS) is 14.1. The van der Waals surface area contributed by atoms with Crippen LogP contribution in [0.1, 0.15) is 34.5 Å². The molecule has 2 amide bonds. The molecule has 0 radical (unpaired) electrons. The number of hydrogen-bond acceptors (Lipinski definition) is 5. The Kier molecular flexibility index (Phi) is 7.02. The fraction of sp³-hybridized carbons (Fsp3) is 0.360. The van der Waals surface area contributed by atoms with E-state index in [4.69, 9.17) is 4.74 Å². The molecule has 0 atom stereocenters. The van der Waals surface area contributed by atoms with Crippen LogP contribution in [0, 0.1) is 6.92 Å². The van der Waals surface area contributed by atoms with Gasteiger partial charge < -0.3 is 14.5 Å². The molecule has 172 valence electrons. The Hall–Kier alpha value is -3.68. The van der Waals surface area contributed by atoms with Crippen molar-refractivity contribution in [2.45, 2.75) is 26.2 Å². The Morgan fingerprint density at radius 3 is 2.48 bits per heavy atom. The quantitative estimate of drug-likeness (QED) is 0.581. The van der Waals surface area contributed by atoms with Gasteiger partial charge in [-0.1, -0.05) is 18.2 Å². The van der Waals surface area contributed by atoms with Crippen LogP contribution >= 0.6 is 0 Å². The van der Waals surface area contributed by atoms with Gasteiger partial charge in [0.05, 0.1) is 24.6 Å². The molecule has 8 nitrogen and oxygen atoms in total. The van der Waals surface area contributed by atoms with E-state index in [-0.39, 0.29) is 11.8 Å². The summed E-state index contributed by atoms with van der Waals surface area (Å²) in [5, 5.41) is 4.37. The number of nitrogens with zero attached hydrogens (tertiary/aromatic N) is 5. The summed E-state index contributed by atoms with van der Waals surface area (Å²) < 4.78 is 6.86. The van der Waals surface area contributed by atoms with Gasteiger partial charge in [-0.2, -0.15) is 5.10 Å². The maximum atomic E-state index is 13.2. The molecule has 1 aliphatic rings. The molecule has 33 heavy (non-hydrogen) atoms. The number of carbonyl (C=O) groups excluding carboxylic acids is 2. The lowest BCUT2D eigenvalue weighted by Crippen LogP contribution is -2.37. The van der Waals surface area contributed by atoms with Crippen molar-refractivity contribution in [3.05, 3.63) is 71.7 Å². The molecule has 2 aromatic heterocycles. The van der Waals surface area contributed by atoms with E-state index in [0.717, 1.165) is 23.4 Å². The first-order chi connectivity index (χ1) is 16.1. The van der Waals surface area contributed by atoms with Crippen molar-refractivity contribution in [2.75, 3.05) is 33.3 Å². The van der Waals surface area contributed by atoms with Gasteiger partial charge >= 0.3 is 0 Å². The predicted octanol–water partition coefficient (Wildman–Crippen LogP) is 2.89. The molecule has 1 aliphatic heterocycles. The first-order valence-electron chi connectivity index (χ1n) is 11.2. The van der Waals surface area contributed by atoms with Crippen LogP contribution in [-0.2, 0) is 11.2 Å². The Morgan fingerprint density at radius 1 is 1.00 bits per heavy atom. The molecule has 0 saturated carbocycles. The topological polar surface area (TPSA) is 80.6 Å². The minimum atomic E-state index is -0.0535. The van der Waals surface area contributed by atoms with E-state index in [1.54, 1.807) is 24.2 Å². The molecular weight excluding hydrogens is 418 g/mol. The number of hydrogen-bond donors (Lipinski definition) is 0. The Morgan fingerprint density at radius 2 is 1.76 bits per heavy atom. The number of carbonyl (C=O) groups is 2. The molecule has 0 N–H and O–H groups in total. The fourth-order valence-corrected chi connectivity index (χ4v) is 4.07. The van der Waals surface area contributed by atoms with Crippen LogP contribution in [0.25, 0.3) is 5.82 Å². The Labute approximate surface area is 193 Å². The van der Waals surface area contributed by atoms with E-state index in [9.17, 15) is 9.59 Å². The number of aromatic nitrogens is 3. The van der Waals surface area contributed by atoms with E-state index in [0.29, 0.717) is 50.4 Å². The zero-order valence-corrected chi connectivity index (χ0v) is 19.1. The zero-order chi connectivity index (χ0) is 23.2. The highest BCUT2D eigenvalue weighted by Gasteiger charge is 2.25. The van der Waals surface area contributed by atoms with Gasteiger partial charge in [0.1, 0.15) is 5.75 Å². The fourth-order valence-electron chi connectivity index (χ4n) is 4.07. The van der Waals surface area contributed by atoms with Crippen LogP contribution in [0.5, 0.6) is 5.75 Å². The third-order valence-corrected chi connectivity index (χ3v) is 6.03. The summed E-state index contributed by atoms with van der Waals surface area (Å²) in [7, 11) is 1.64. The summed E-state index contributed by atoms with van der Waals surface area (Å²) in [6, 6.07) is 13.4. The summed E-state index contributed by atoms with van der Waals surface area (Å²) in [4.78, 5) is 34.0. The molecule has 8 heteroatoms. The van der Waals surface area contributed by atoms with Crippen LogP contribution in [0.4, 0.5) is 0 Å². The van der Waals surface area contributed by atoms with E-state index < -0.39 is 0 Å². The second kappa shape index (κ2) is 10.3. The maximum absolute atomic E-state index is 13.2. The van der Waals surface area contributed by atoms with Crippen molar-refractivity contribution in [2.24, 2.45) is 0 Å². The van der Waals surface area contributed by atoms with Gasteiger partial charge in [-0.05, 0) is 49.6 Å². The maximum Gasteiger partial charge on any atom is 0.257 e. The Balaban J connectivity index is 1.34. The molecule has 0 unspecified atom stereocenters. The van der Waals surface area contributed by atoms with Crippen LogP contribution in [0.2, 0.25) is 0 Å². The average Bonchev–Trinajstić information content (AvgIpc) is 3.07. The van der Waals surface area contributed by atoms with Crippen LogP contribution in [0.15, 0.2) is 54.9 Å². The smallest absolute Gasteiger partial charge is 0.257 e. The van der Waals surface area contributed by atoms with Crippen LogP contribution in [0.3, 0.4) is 0 Å². The molecule has 1 fully saturated rings. The first kappa shape index (κ1) is 22.5.